The number of halogens is 1. The smallest absolute Gasteiger partial charge is 0.296 e. The quantitative estimate of drug-likeness (QED) is 0.309. The second-order valence-electron chi connectivity index (χ2n) is 8.57. The van der Waals surface area contributed by atoms with E-state index in [9.17, 15) is 14.0 Å². The minimum absolute atomic E-state index is 0.0716. The number of carbonyl (C=O) groups excluding carboxylic acids is 1. The molecule has 1 aliphatic rings. The fourth-order valence-electron chi connectivity index (χ4n) is 4.52. The van der Waals surface area contributed by atoms with Gasteiger partial charge < -0.3 is 9.15 Å². The molecule has 3 heterocycles. The lowest BCUT2D eigenvalue weighted by Crippen LogP contribution is -2.30. The average Bonchev–Trinajstić information content (AvgIpc) is 3.18. The Morgan fingerprint density at radius 3 is 2.53 bits per heavy atom. The number of anilines is 1. The molecular formula is C29H19FN2O4. The van der Waals surface area contributed by atoms with E-state index >= 15 is 0 Å². The number of hydrogen-bond acceptors (Lipinski definition) is 5. The molecule has 0 saturated carbocycles. The van der Waals surface area contributed by atoms with Crippen molar-refractivity contribution in [2.24, 2.45) is 0 Å². The summed E-state index contributed by atoms with van der Waals surface area (Å²) in [6.45, 7) is 1.89. The van der Waals surface area contributed by atoms with Gasteiger partial charge in [-0.2, -0.15) is 0 Å². The second kappa shape index (κ2) is 8.46. The SMILES string of the molecule is Cc1ccnc(N2C(=O)c3oc4ccc(F)cc4c(=O)c3C2c2cccc(Oc3ccccc3)c2)c1. The van der Waals surface area contributed by atoms with Crippen LogP contribution in [0.2, 0.25) is 0 Å². The van der Waals surface area contributed by atoms with E-state index in [2.05, 4.69) is 4.98 Å². The van der Waals surface area contributed by atoms with Crippen LogP contribution >= 0.6 is 0 Å². The van der Waals surface area contributed by atoms with Crippen LogP contribution in [-0.4, -0.2) is 10.9 Å². The third-order valence-corrected chi connectivity index (χ3v) is 6.13. The summed E-state index contributed by atoms with van der Waals surface area (Å²) in [6.07, 6.45) is 1.61. The summed E-state index contributed by atoms with van der Waals surface area (Å²) in [5, 5.41) is 0.0716. The summed E-state index contributed by atoms with van der Waals surface area (Å²) in [6, 6.07) is 22.9. The molecule has 6 nitrogen and oxygen atoms in total. The predicted octanol–water partition coefficient (Wildman–Crippen LogP) is 6.18. The zero-order valence-electron chi connectivity index (χ0n) is 19.1. The number of nitrogens with zero attached hydrogens (tertiary/aromatic N) is 2. The lowest BCUT2D eigenvalue weighted by molar-refractivity contribution is 0.0970. The van der Waals surface area contributed by atoms with Crippen LogP contribution in [0, 0.1) is 12.7 Å². The molecule has 6 rings (SSSR count). The van der Waals surface area contributed by atoms with Crippen LogP contribution in [0.3, 0.4) is 0 Å². The number of para-hydroxylation sites is 1. The van der Waals surface area contributed by atoms with Crippen LogP contribution in [0.15, 0.2) is 100 Å². The van der Waals surface area contributed by atoms with Crippen molar-refractivity contribution in [2.45, 2.75) is 13.0 Å². The summed E-state index contributed by atoms with van der Waals surface area (Å²) < 4.78 is 25.9. The van der Waals surface area contributed by atoms with Gasteiger partial charge >= 0.3 is 0 Å². The molecule has 0 spiro atoms. The molecule has 36 heavy (non-hydrogen) atoms. The van der Waals surface area contributed by atoms with E-state index in [-0.39, 0.29) is 22.3 Å². The van der Waals surface area contributed by atoms with Crippen molar-refractivity contribution < 1.29 is 18.3 Å². The number of aromatic nitrogens is 1. The summed E-state index contributed by atoms with van der Waals surface area (Å²) in [4.78, 5) is 33.2. The minimum Gasteiger partial charge on any atom is -0.457 e. The van der Waals surface area contributed by atoms with Gasteiger partial charge in [-0.05, 0) is 72.6 Å². The Labute approximate surface area is 205 Å². The zero-order valence-corrected chi connectivity index (χ0v) is 19.1. The van der Waals surface area contributed by atoms with Crippen LogP contribution < -0.4 is 15.1 Å². The lowest BCUT2D eigenvalue weighted by Gasteiger charge is -2.24. The van der Waals surface area contributed by atoms with Gasteiger partial charge in [-0.25, -0.2) is 9.37 Å². The number of aryl methyl sites for hydroxylation is 1. The fraction of sp³-hybridized carbons (Fsp3) is 0.0690. The van der Waals surface area contributed by atoms with Crippen LogP contribution in [0.4, 0.5) is 10.2 Å². The molecule has 5 aromatic rings. The van der Waals surface area contributed by atoms with Crippen molar-refractivity contribution in [1.29, 1.82) is 0 Å². The number of benzene rings is 3. The van der Waals surface area contributed by atoms with Crippen LogP contribution in [0.5, 0.6) is 11.5 Å². The molecule has 0 saturated heterocycles. The van der Waals surface area contributed by atoms with Crippen LogP contribution in [0.1, 0.15) is 33.3 Å². The Kier molecular flexibility index (Phi) is 5.11. The monoisotopic (exact) mass is 478 g/mol. The third-order valence-electron chi connectivity index (χ3n) is 6.13. The number of pyridine rings is 1. The Bertz CT molecular complexity index is 1700. The first-order valence-corrected chi connectivity index (χ1v) is 11.3. The van der Waals surface area contributed by atoms with Gasteiger partial charge in [0.05, 0.1) is 17.0 Å². The first kappa shape index (κ1) is 21.7. The highest BCUT2D eigenvalue weighted by molar-refractivity contribution is 6.10. The lowest BCUT2D eigenvalue weighted by atomic mass is 9.98. The van der Waals surface area contributed by atoms with Gasteiger partial charge in [0.25, 0.3) is 5.91 Å². The van der Waals surface area contributed by atoms with E-state index in [0.29, 0.717) is 22.9 Å². The molecule has 1 atom stereocenters. The van der Waals surface area contributed by atoms with Crippen LogP contribution in [0.25, 0.3) is 11.0 Å². The molecule has 2 aromatic heterocycles. The molecular weight excluding hydrogens is 459 g/mol. The van der Waals surface area contributed by atoms with Crippen molar-refractivity contribution in [1.82, 2.24) is 4.98 Å². The molecule has 1 aliphatic heterocycles. The van der Waals surface area contributed by atoms with Crippen molar-refractivity contribution in [3.05, 3.63) is 130 Å². The highest BCUT2D eigenvalue weighted by atomic mass is 19.1. The molecule has 3 aromatic carbocycles. The number of fused-ring (bicyclic) bond motifs is 2. The van der Waals surface area contributed by atoms with Crippen molar-refractivity contribution in [2.75, 3.05) is 4.90 Å². The molecule has 0 N–H and O–H groups in total. The standard InChI is InChI=1S/C29H19FN2O4/c1-17-12-13-31-24(14-17)32-26(18-6-5-9-21(15-18)35-20-7-3-2-4-8-20)25-27(33)22-16-19(30)10-11-23(22)36-28(25)29(32)34/h2-16,26H,1H3. The Balaban J connectivity index is 1.56. The molecule has 1 amide bonds. The van der Waals surface area contributed by atoms with E-state index < -0.39 is 23.2 Å². The number of carbonyl (C=O) groups is 1. The first-order valence-electron chi connectivity index (χ1n) is 11.3. The van der Waals surface area contributed by atoms with E-state index in [1.54, 1.807) is 30.5 Å². The van der Waals surface area contributed by atoms with E-state index in [1.165, 1.54) is 17.0 Å². The van der Waals surface area contributed by atoms with Crippen molar-refractivity contribution in [3.8, 4) is 11.5 Å². The number of ether oxygens (including phenoxy) is 1. The van der Waals surface area contributed by atoms with Gasteiger partial charge in [-0.1, -0.05) is 30.3 Å². The van der Waals surface area contributed by atoms with Crippen molar-refractivity contribution >= 4 is 22.7 Å². The largest absolute Gasteiger partial charge is 0.457 e. The molecule has 7 heteroatoms. The van der Waals surface area contributed by atoms with E-state index in [4.69, 9.17) is 9.15 Å². The Morgan fingerprint density at radius 2 is 1.72 bits per heavy atom. The highest BCUT2D eigenvalue weighted by Crippen LogP contribution is 2.41. The Morgan fingerprint density at radius 1 is 0.917 bits per heavy atom. The molecule has 176 valence electrons. The second-order valence-corrected chi connectivity index (χ2v) is 8.57. The van der Waals surface area contributed by atoms with Gasteiger partial charge in [0.15, 0.2) is 5.43 Å². The summed E-state index contributed by atoms with van der Waals surface area (Å²) >= 11 is 0. The van der Waals surface area contributed by atoms with Crippen molar-refractivity contribution in [3.63, 3.8) is 0 Å². The fourth-order valence-corrected chi connectivity index (χ4v) is 4.52. The van der Waals surface area contributed by atoms with E-state index in [0.717, 1.165) is 11.6 Å². The minimum atomic E-state index is -0.843. The summed E-state index contributed by atoms with van der Waals surface area (Å²) in [5.41, 5.74) is 1.34. The Hall–Kier alpha value is -4.78. The topological polar surface area (TPSA) is 72.6 Å². The zero-order chi connectivity index (χ0) is 24.8. The molecule has 1 unspecified atom stereocenters. The predicted molar refractivity (Wildman–Crippen MR) is 133 cm³/mol. The normalized spacial score (nSPS) is 14.8. The molecule has 0 aliphatic carbocycles. The maximum atomic E-state index is 14.0. The van der Waals surface area contributed by atoms with E-state index in [1.807, 2.05) is 49.4 Å². The highest BCUT2D eigenvalue weighted by Gasteiger charge is 2.44. The average molecular weight is 478 g/mol. The van der Waals surface area contributed by atoms with Gasteiger partial charge in [0.1, 0.15) is 28.7 Å². The number of amides is 1. The van der Waals surface area contributed by atoms with Gasteiger partial charge in [0.2, 0.25) is 5.76 Å². The van der Waals surface area contributed by atoms with Gasteiger partial charge in [-0.15, -0.1) is 0 Å². The number of hydrogen-bond donors (Lipinski definition) is 0. The van der Waals surface area contributed by atoms with Gasteiger partial charge in [0, 0.05) is 6.20 Å². The number of rotatable bonds is 4. The third kappa shape index (κ3) is 3.62. The molecule has 0 radical (unpaired) electrons. The van der Waals surface area contributed by atoms with Crippen LogP contribution in [-0.2, 0) is 0 Å². The molecule has 0 fully saturated rings. The summed E-state index contributed by atoms with van der Waals surface area (Å²) in [5.74, 6) is 0.419. The maximum absolute atomic E-state index is 14.0. The maximum Gasteiger partial charge on any atom is 0.296 e. The molecule has 0 bridgehead atoms. The van der Waals surface area contributed by atoms with Gasteiger partial charge in [-0.3, -0.25) is 14.5 Å². The first-order chi connectivity index (χ1) is 17.5. The summed E-state index contributed by atoms with van der Waals surface area (Å²) in [7, 11) is 0.